The Kier molecular flexibility index (Phi) is 7.05. The molecule has 186 valence electrons. The van der Waals surface area contributed by atoms with Gasteiger partial charge in [-0.3, -0.25) is 9.48 Å². The average molecular weight is 491 g/mol. The second-order valence-electron chi connectivity index (χ2n) is 7.87. The molecular formula is C26H26N4O6. The van der Waals surface area contributed by atoms with Crippen molar-refractivity contribution in [1.29, 1.82) is 0 Å². The Bertz CT molecular complexity index is 1410. The maximum atomic E-state index is 13.1. The first-order valence-corrected chi connectivity index (χ1v) is 11.0. The van der Waals surface area contributed by atoms with E-state index in [9.17, 15) is 9.59 Å². The lowest BCUT2D eigenvalue weighted by Crippen LogP contribution is -2.21. The number of methoxy groups -OCH3 is 3. The Morgan fingerprint density at radius 2 is 1.64 bits per heavy atom. The van der Waals surface area contributed by atoms with Crippen molar-refractivity contribution in [2.45, 2.75) is 6.92 Å². The number of aromatic nitrogens is 3. The van der Waals surface area contributed by atoms with Crippen molar-refractivity contribution in [3.8, 4) is 28.5 Å². The zero-order chi connectivity index (χ0) is 25.8. The van der Waals surface area contributed by atoms with Crippen LogP contribution in [0.2, 0.25) is 0 Å². The first-order chi connectivity index (χ1) is 17.4. The number of nitrogens with one attached hydrogen (secondary N) is 1. The minimum Gasteiger partial charge on any atom is -0.493 e. The van der Waals surface area contributed by atoms with Crippen LogP contribution in [0.3, 0.4) is 0 Å². The number of amides is 1. The number of ether oxygens (including phenoxy) is 4. The summed E-state index contributed by atoms with van der Waals surface area (Å²) in [6, 6.07) is 14.3. The van der Waals surface area contributed by atoms with Gasteiger partial charge in [0, 0.05) is 30.4 Å². The summed E-state index contributed by atoms with van der Waals surface area (Å²) in [6.45, 7) is 1.29. The van der Waals surface area contributed by atoms with Crippen LogP contribution >= 0.6 is 0 Å². The van der Waals surface area contributed by atoms with Gasteiger partial charge in [-0.05, 0) is 13.0 Å². The summed E-state index contributed by atoms with van der Waals surface area (Å²) in [6.07, 6.45) is 0. The molecule has 0 spiro atoms. The second kappa shape index (κ2) is 10.3. The summed E-state index contributed by atoms with van der Waals surface area (Å²) < 4.78 is 22.9. The number of esters is 1. The zero-order valence-electron chi connectivity index (χ0n) is 20.6. The topological polar surface area (TPSA) is 114 Å². The van der Waals surface area contributed by atoms with Crippen molar-refractivity contribution in [1.82, 2.24) is 14.8 Å². The van der Waals surface area contributed by atoms with E-state index >= 15 is 0 Å². The zero-order valence-corrected chi connectivity index (χ0v) is 20.6. The molecule has 0 saturated carbocycles. The number of pyridine rings is 1. The fraction of sp³-hybridized carbons (Fsp3) is 0.231. The van der Waals surface area contributed by atoms with E-state index in [-0.39, 0.29) is 5.56 Å². The molecule has 4 rings (SSSR count). The van der Waals surface area contributed by atoms with Gasteiger partial charge in [0.15, 0.2) is 23.8 Å². The molecule has 10 nitrogen and oxygen atoms in total. The number of carbonyl (C=O) groups excluding carboxylic acids is 2. The number of hydrogen-bond donors (Lipinski definition) is 1. The predicted octanol–water partition coefficient (Wildman–Crippen LogP) is 3.77. The van der Waals surface area contributed by atoms with E-state index in [1.54, 1.807) is 36.9 Å². The fourth-order valence-electron chi connectivity index (χ4n) is 3.92. The summed E-state index contributed by atoms with van der Waals surface area (Å²) in [7, 11) is 6.20. The lowest BCUT2D eigenvalue weighted by molar-refractivity contribution is -0.119. The molecule has 36 heavy (non-hydrogen) atoms. The molecule has 0 aliphatic heterocycles. The lowest BCUT2D eigenvalue weighted by Gasteiger charge is -2.14. The number of anilines is 1. The number of fused-ring (bicyclic) bond motifs is 1. The van der Waals surface area contributed by atoms with Crippen molar-refractivity contribution in [2.24, 2.45) is 7.05 Å². The molecule has 0 unspecified atom stereocenters. The molecule has 10 heteroatoms. The molecule has 1 N–H and O–H groups in total. The number of carbonyl (C=O) groups is 2. The van der Waals surface area contributed by atoms with E-state index in [4.69, 9.17) is 18.9 Å². The normalized spacial score (nSPS) is 10.7. The Morgan fingerprint density at radius 3 is 2.25 bits per heavy atom. The number of aryl methyl sites for hydroxylation is 2. The summed E-state index contributed by atoms with van der Waals surface area (Å²) in [5.74, 6) is -0.0373. The second-order valence-corrected chi connectivity index (χ2v) is 7.87. The van der Waals surface area contributed by atoms with E-state index < -0.39 is 18.5 Å². The van der Waals surface area contributed by atoms with Gasteiger partial charge in [-0.1, -0.05) is 30.3 Å². The Balaban J connectivity index is 1.56. The number of nitrogens with zero attached hydrogens (tertiary/aromatic N) is 3. The fourth-order valence-corrected chi connectivity index (χ4v) is 3.92. The van der Waals surface area contributed by atoms with Crippen LogP contribution in [0.5, 0.6) is 17.2 Å². The third kappa shape index (κ3) is 4.78. The van der Waals surface area contributed by atoms with Crippen LogP contribution in [0.25, 0.3) is 22.3 Å². The minimum atomic E-state index is -0.657. The summed E-state index contributed by atoms with van der Waals surface area (Å²) >= 11 is 0. The van der Waals surface area contributed by atoms with Gasteiger partial charge in [0.05, 0.1) is 43.7 Å². The molecule has 0 aliphatic rings. The van der Waals surface area contributed by atoms with Gasteiger partial charge in [0.2, 0.25) is 5.75 Å². The van der Waals surface area contributed by atoms with Gasteiger partial charge in [0.25, 0.3) is 5.91 Å². The van der Waals surface area contributed by atoms with Crippen molar-refractivity contribution >= 4 is 28.6 Å². The van der Waals surface area contributed by atoms with E-state index in [0.717, 1.165) is 5.56 Å². The first kappa shape index (κ1) is 24.5. The predicted molar refractivity (Wildman–Crippen MR) is 134 cm³/mol. The van der Waals surface area contributed by atoms with Crippen LogP contribution in [0.15, 0.2) is 48.5 Å². The number of benzene rings is 2. The molecule has 0 saturated heterocycles. The summed E-state index contributed by atoms with van der Waals surface area (Å²) in [5.41, 5.74) is 3.29. The van der Waals surface area contributed by atoms with Gasteiger partial charge < -0.3 is 24.3 Å². The minimum absolute atomic E-state index is 0.282. The van der Waals surface area contributed by atoms with Crippen LogP contribution in [-0.2, 0) is 16.6 Å². The molecule has 0 aliphatic carbocycles. The average Bonchev–Trinajstić information content (AvgIpc) is 3.19. The van der Waals surface area contributed by atoms with Crippen molar-refractivity contribution in [3.63, 3.8) is 0 Å². The number of rotatable bonds is 8. The standard InChI is InChI=1S/C26H26N4O6/c1-15-23-18(13-19(16-9-7-6-8-10-16)28-25(23)30(2)29-15)26(32)36-14-22(31)27-17-11-20(33-3)24(35-5)21(12-17)34-4/h6-13H,14H2,1-5H3,(H,27,31). The van der Waals surface area contributed by atoms with Crippen LogP contribution in [-0.4, -0.2) is 54.6 Å². The molecule has 2 aromatic heterocycles. The van der Waals surface area contributed by atoms with E-state index in [1.807, 2.05) is 30.3 Å². The Hall–Kier alpha value is -4.60. The molecule has 0 atom stereocenters. The molecular weight excluding hydrogens is 464 g/mol. The lowest BCUT2D eigenvalue weighted by atomic mass is 10.1. The third-order valence-electron chi connectivity index (χ3n) is 5.54. The molecule has 4 aromatic rings. The van der Waals surface area contributed by atoms with E-state index in [0.29, 0.717) is 45.4 Å². The van der Waals surface area contributed by atoms with Gasteiger partial charge in [0.1, 0.15) is 0 Å². The Labute approximate surface area is 207 Å². The highest BCUT2D eigenvalue weighted by molar-refractivity contribution is 6.06. The maximum Gasteiger partial charge on any atom is 0.339 e. The quantitative estimate of drug-likeness (QED) is 0.372. The molecule has 0 radical (unpaired) electrons. The largest absolute Gasteiger partial charge is 0.493 e. The van der Waals surface area contributed by atoms with Crippen molar-refractivity contribution in [3.05, 3.63) is 59.8 Å². The first-order valence-electron chi connectivity index (χ1n) is 11.0. The number of hydrogen-bond acceptors (Lipinski definition) is 8. The van der Waals surface area contributed by atoms with Crippen LogP contribution in [0, 0.1) is 6.92 Å². The highest BCUT2D eigenvalue weighted by Crippen LogP contribution is 2.40. The molecule has 1 amide bonds. The van der Waals surface area contributed by atoms with Crippen LogP contribution < -0.4 is 19.5 Å². The van der Waals surface area contributed by atoms with Gasteiger partial charge >= 0.3 is 5.97 Å². The smallest absolute Gasteiger partial charge is 0.339 e. The van der Waals surface area contributed by atoms with E-state index in [1.165, 1.54) is 21.3 Å². The van der Waals surface area contributed by atoms with Crippen molar-refractivity contribution < 1.29 is 28.5 Å². The monoisotopic (exact) mass is 490 g/mol. The molecule has 0 fully saturated rings. The Morgan fingerprint density at radius 1 is 0.972 bits per heavy atom. The summed E-state index contributed by atoms with van der Waals surface area (Å²) in [4.78, 5) is 30.4. The molecule has 0 bridgehead atoms. The molecule has 2 heterocycles. The van der Waals surface area contributed by atoms with Crippen molar-refractivity contribution in [2.75, 3.05) is 33.3 Å². The highest BCUT2D eigenvalue weighted by atomic mass is 16.5. The van der Waals surface area contributed by atoms with Crippen LogP contribution in [0.4, 0.5) is 5.69 Å². The SMILES string of the molecule is COc1cc(NC(=O)COC(=O)c2cc(-c3ccccc3)nc3c2c(C)nn3C)cc(OC)c1OC. The third-order valence-corrected chi connectivity index (χ3v) is 5.54. The van der Waals surface area contributed by atoms with E-state index in [2.05, 4.69) is 15.4 Å². The van der Waals surface area contributed by atoms with Gasteiger partial charge in [-0.15, -0.1) is 0 Å². The highest BCUT2D eigenvalue weighted by Gasteiger charge is 2.21. The summed E-state index contributed by atoms with van der Waals surface area (Å²) in [5, 5.41) is 7.65. The maximum absolute atomic E-state index is 13.1. The van der Waals surface area contributed by atoms with Gasteiger partial charge in [-0.25, -0.2) is 9.78 Å². The van der Waals surface area contributed by atoms with Gasteiger partial charge in [-0.2, -0.15) is 5.10 Å². The molecule has 2 aromatic carbocycles. The van der Waals surface area contributed by atoms with Crippen LogP contribution in [0.1, 0.15) is 16.1 Å².